The number of hydrazone groups is 1. The summed E-state index contributed by atoms with van der Waals surface area (Å²) in [7, 11) is 1.41. The van der Waals surface area contributed by atoms with Gasteiger partial charge in [-0.25, -0.2) is 5.43 Å². The number of ether oxygens (including phenoxy) is 2. The van der Waals surface area contributed by atoms with Crippen LogP contribution in [0, 0.1) is 0 Å². The maximum atomic E-state index is 13.0. The molecule has 3 aromatic carbocycles. The number of aliphatic carboxylic acids is 1. The third-order valence-corrected chi connectivity index (χ3v) is 4.62. The van der Waals surface area contributed by atoms with E-state index in [0.29, 0.717) is 16.7 Å². The van der Waals surface area contributed by atoms with Gasteiger partial charge in [-0.3, -0.25) is 4.79 Å². The average Bonchev–Trinajstić information content (AvgIpc) is 2.83. The molecule has 8 heteroatoms. The third-order valence-electron chi connectivity index (χ3n) is 4.62. The predicted molar refractivity (Wildman–Crippen MR) is 115 cm³/mol. The molecule has 8 nitrogen and oxygen atoms in total. The van der Waals surface area contributed by atoms with Crippen molar-refractivity contribution in [2.75, 3.05) is 13.7 Å². The summed E-state index contributed by atoms with van der Waals surface area (Å²) in [6, 6.07) is 21.8. The van der Waals surface area contributed by atoms with Crippen LogP contribution in [0.5, 0.6) is 11.5 Å². The zero-order valence-corrected chi connectivity index (χ0v) is 17.2. The van der Waals surface area contributed by atoms with E-state index in [1.165, 1.54) is 19.4 Å². The minimum Gasteiger partial charge on any atom is -0.546 e. The maximum absolute atomic E-state index is 13.0. The third kappa shape index (κ3) is 5.11. The summed E-state index contributed by atoms with van der Waals surface area (Å²) in [5.74, 6) is -1.58. The second-order valence-corrected chi connectivity index (χ2v) is 6.71. The zero-order chi connectivity index (χ0) is 23.0. The van der Waals surface area contributed by atoms with E-state index in [-0.39, 0.29) is 11.5 Å². The van der Waals surface area contributed by atoms with E-state index in [2.05, 4.69) is 10.5 Å². The minimum atomic E-state index is -1.94. The van der Waals surface area contributed by atoms with Crippen LogP contribution in [0.4, 0.5) is 0 Å². The molecular formula is C24H21N2O6-. The summed E-state index contributed by atoms with van der Waals surface area (Å²) >= 11 is 0. The molecule has 0 saturated carbocycles. The number of methoxy groups -OCH3 is 1. The van der Waals surface area contributed by atoms with Crippen LogP contribution in [-0.2, 0) is 15.2 Å². The second kappa shape index (κ2) is 10.2. The molecule has 0 aliphatic carbocycles. The lowest BCUT2D eigenvalue weighted by Crippen LogP contribution is -2.43. The van der Waals surface area contributed by atoms with Gasteiger partial charge in [-0.1, -0.05) is 60.7 Å². The van der Waals surface area contributed by atoms with Crippen molar-refractivity contribution in [3.63, 3.8) is 0 Å². The number of carboxylic acids is 1. The van der Waals surface area contributed by atoms with Crippen molar-refractivity contribution < 1.29 is 29.3 Å². The minimum absolute atomic E-state index is 0.223. The number of hydrogen-bond acceptors (Lipinski definition) is 7. The van der Waals surface area contributed by atoms with Gasteiger partial charge in [-0.05, 0) is 34.9 Å². The molecule has 0 unspecified atom stereocenters. The Morgan fingerprint density at radius 2 is 1.59 bits per heavy atom. The number of carbonyl (C=O) groups is 2. The second-order valence-electron chi connectivity index (χ2n) is 6.71. The lowest BCUT2D eigenvalue weighted by molar-refractivity contribution is -0.307. The number of amides is 1. The molecule has 0 radical (unpaired) electrons. The molecule has 1 amide bonds. The van der Waals surface area contributed by atoms with E-state index >= 15 is 0 Å². The first-order valence-electron chi connectivity index (χ1n) is 9.62. The van der Waals surface area contributed by atoms with Crippen LogP contribution >= 0.6 is 0 Å². The van der Waals surface area contributed by atoms with Crippen molar-refractivity contribution in [2.24, 2.45) is 5.10 Å². The van der Waals surface area contributed by atoms with Crippen molar-refractivity contribution in [1.29, 1.82) is 0 Å². The van der Waals surface area contributed by atoms with Crippen LogP contribution in [-0.4, -0.2) is 36.9 Å². The molecule has 0 spiro atoms. The normalized spacial score (nSPS) is 11.2. The quantitative estimate of drug-likeness (QED) is 0.387. The number of hydrogen-bond donors (Lipinski definition) is 2. The number of rotatable bonds is 9. The van der Waals surface area contributed by atoms with Crippen LogP contribution in [0.3, 0.4) is 0 Å². The van der Waals surface area contributed by atoms with E-state index in [4.69, 9.17) is 9.47 Å². The van der Waals surface area contributed by atoms with E-state index in [0.717, 1.165) is 0 Å². The molecule has 32 heavy (non-hydrogen) atoms. The van der Waals surface area contributed by atoms with E-state index in [1.54, 1.807) is 72.8 Å². The first kappa shape index (κ1) is 22.5. The van der Waals surface area contributed by atoms with Crippen LogP contribution in [0.25, 0.3) is 0 Å². The molecule has 0 aliphatic rings. The van der Waals surface area contributed by atoms with E-state index in [1.807, 2.05) is 0 Å². The topological polar surface area (TPSA) is 120 Å². The molecule has 0 fully saturated rings. The Hall–Kier alpha value is -4.17. The maximum Gasteiger partial charge on any atom is 0.281 e. The van der Waals surface area contributed by atoms with Gasteiger partial charge < -0.3 is 24.5 Å². The van der Waals surface area contributed by atoms with Gasteiger partial charge in [0.15, 0.2) is 17.1 Å². The Kier molecular flexibility index (Phi) is 7.20. The number of benzene rings is 3. The summed E-state index contributed by atoms with van der Waals surface area (Å²) in [5.41, 5.74) is 1.78. The number of nitrogens with one attached hydrogen (secondary N) is 1. The highest BCUT2D eigenvalue weighted by atomic mass is 16.5. The molecule has 0 bridgehead atoms. The van der Waals surface area contributed by atoms with Gasteiger partial charge >= 0.3 is 0 Å². The molecule has 3 rings (SSSR count). The monoisotopic (exact) mass is 433 g/mol. The Balaban J connectivity index is 1.80. The van der Waals surface area contributed by atoms with Gasteiger partial charge in [-0.15, -0.1) is 0 Å². The fourth-order valence-electron chi connectivity index (χ4n) is 3.05. The van der Waals surface area contributed by atoms with Crippen LogP contribution in [0.2, 0.25) is 0 Å². The fourth-order valence-corrected chi connectivity index (χ4v) is 3.05. The molecule has 0 atom stereocenters. The van der Waals surface area contributed by atoms with Gasteiger partial charge in [-0.2, -0.15) is 5.10 Å². The van der Waals surface area contributed by atoms with Crippen LogP contribution in [0.15, 0.2) is 84.0 Å². The lowest BCUT2D eigenvalue weighted by Gasteiger charge is -2.27. The smallest absolute Gasteiger partial charge is 0.281 e. The molecule has 0 saturated heterocycles. The standard InChI is InChI=1S/C24H22N2O6/c1-31-21-14-17(12-13-20(21)32-16-22(27)28)15-25-26-23(29)24(30,18-8-4-2-5-9-18)19-10-6-3-7-11-19/h2-15,30H,16H2,1H3,(H,26,29)(H,27,28)/p-1/b25-15-. The first-order valence-corrected chi connectivity index (χ1v) is 9.62. The van der Waals surface area contributed by atoms with Crippen molar-refractivity contribution in [2.45, 2.75) is 5.60 Å². The van der Waals surface area contributed by atoms with Gasteiger partial charge in [0.05, 0.1) is 19.3 Å². The highest BCUT2D eigenvalue weighted by Crippen LogP contribution is 2.30. The largest absolute Gasteiger partial charge is 0.546 e. The van der Waals surface area contributed by atoms with Crippen molar-refractivity contribution in [3.05, 3.63) is 95.6 Å². The molecule has 0 heterocycles. The Morgan fingerprint density at radius 1 is 1.00 bits per heavy atom. The first-order chi connectivity index (χ1) is 15.4. The summed E-state index contributed by atoms with van der Waals surface area (Å²) in [4.78, 5) is 23.6. The summed E-state index contributed by atoms with van der Waals surface area (Å²) in [6.07, 6.45) is 1.36. The lowest BCUT2D eigenvalue weighted by atomic mass is 9.85. The van der Waals surface area contributed by atoms with E-state index in [9.17, 15) is 19.8 Å². The van der Waals surface area contributed by atoms with E-state index < -0.39 is 24.1 Å². The Bertz CT molecular complexity index is 1060. The highest BCUT2D eigenvalue weighted by Gasteiger charge is 2.39. The van der Waals surface area contributed by atoms with Gasteiger partial charge in [0, 0.05) is 0 Å². The van der Waals surface area contributed by atoms with Gasteiger partial charge in [0.1, 0.15) is 6.61 Å². The zero-order valence-electron chi connectivity index (χ0n) is 17.2. The predicted octanol–water partition coefficient (Wildman–Crippen LogP) is 1.21. The van der Waals surface area contributed by atoms with Crippen LogP contribution < -0.4 is 20.0 Å². The van der Waals surface area contributed by atoms with Gasteiger partial charge in [0.2, 0.25) is 0 Å². The van der Waals surface area contributed by atoms with Crippen molar-refractivity contribution in [3.8, 4) is 11.5 Å². The molecule has 0 aliphatic heterocycles. The summed E-state index contributed by atoms with van der Waals surface area (Å²) in [5, 5.41) is 25.9. The Morgan fingerprint density at radius 3 is 2.12 bits per heavy atom. The molecule has 2 N–H and O–H groups in total. The van der Waals surface area contributed by atoms with Gasteiger partial charge in [0.25, 0.3) is 5.91 Å². The number of aliphatic hydroxyl groups is 1. The molecular weight excluding hydrogens is 412 g/mol. The molecule has 3 aromatic rings. The fraction of sp³-hybridized carbons (Fsp3) is 0.125. The number of nitrogens with zero attached hydrogens (tertiary/aromatic N) is 1. The summed E-state index contributed by atoms with van der Waals surface area (Å²) < 4.78 is 10.3. The van der Waals surface area contributed by atoms with Crippen molar-refractivity contribution >= 4 is 18.1 Å². The average molecular weight is 433 g/mol. The molecule has 0 aromatic heterocycles. The molecule has 164 valence electrons. The number of carboxylic acid groups (broad SMARTS) is 1. The SMILES string of the molecule is COc1cc(/C=N\NC(=O)C(O)(c2ccccc2)c2ccccc2)ccc1OCC(=O)[O-]. The Labute approximate surface area is 184 Å². The van der Waals surface area contributed by atoms with Crippen molar-refractivity contribution in [1.82, 2.24) is 5.43 Å². The number of carbonyl (C=O) groups excluding carboxylic acids is 2. The summed E-state index contributed by atoms with van der Waals surface area (Å²) in [6.45, 7) is -0.614. The van der Waals surface area contributed by atoms with Crippen LogP contribution in [0.1, 0.15) is 16.7 Å². The highest BCUT2D eigenvalue weighted by molar-refractivity contribution is 5.91.